The highest BCUT2D eigenvalue weighted by atomic mass is 32.2. The summed E-state index contributed by atoms with van der Waals surface area (Å²) in [4.78, 5) is 0.212. The number of ether oxygens (including phenoxy) is 2. The molecular formula is C24H20N2O4S. The van der Waals surface area contributed by atoms with Crippen LogP contribution in [-0.2, 0) is 10.0 Å². The Bertz CT molecular complexity index is 1280. The Morgan fingerprint density at radius 1 is 1.00 bits per heavy atom. The highest BCUT2D eigenvalue weighted by Crippen LogP contribution is 2.49. The molecular weight excluding hydrogens is 412 g/mol. The zero-order chi connectivity index (χ0) is 21.6. The molecule has 6 nitrogen and oxygen atoms in total. The van der Waals surface area contributed by atoms with Gasteiger partial charge in [0, 0.05) is 18.5 Å². The molecule has 31 heavy (non-hydrogen) atoms. The summed E-state index contributed by atoms with van der Waals surface area (Å²) in [5.74, 6) is 0.175. The van der Waals surface area contributed by atoms with Crippen molar-refractivity contribution in [2.24, 2.45) is 0 Å². The number of fused-ring (bicyclic) bond motifs is 2. The Hall–Kier alpha value is -3.50. The predicted molar refractivity (Wildman–Crippen MR) is 116 cm³/mol. The van der Waals surface area contributed by atoms with Crippen molar-refractivity contribution in [3.63, 3.8) is 0 Å². The van der Waals surface area contributed by atoms with Gasteiger partial charge in [0.05, 0.1) is 22.6 Å². The molecule has 0 amide bonds. The zero-order valence-corrected chi connectivity index (χ0v) is 17.7. The van der Waals surface area contributed by atoms with Crippen molar-refractivity contribution in [2.45, 2.75) is 23.7 Å². The minimum absolute atomic E-state index is 0.0717. The Kier molecular flexibility index (Phi) is 4.60. The Balaban J connectivity index is 1.71. The van der Waals surface area contributed by atoms with Crippen LogP contribution < -0.4 is 13.8 Å². The van der Waals surface area contributed by atoms with Crippen molar-refractivity contribution in [3.05, 3.63) is 83.4 Å². The smallest absolute Gasteiger partial charge is 0.264 e. The molecule has 0 unspecified atom stereocenters. The number of aryl methyl sites for hydroxylation is 1. The van der Waals surface area contributed by atoms with Crippen LogP contribution in [0.2, 0.25) is 0 Å². The first-order chi connectivity index (χ1) is 15.0. The third-order valence-corrected chi connectivity index (χ3v) is 7.66. The maximum absolute atomic E-state index is 13.7. The number of sulfonamides is 1. The third kappa shape index (κ3) is 3.20. The van der Waals surface area contributed by atoms with Crippen molar-refractivity contribution in [2.75, 3.05) is 17.6 Å². The van der Waals surface area contributed by atoms with Crippen LogP contribution in [0.25, 0.3) is 0 Å². The Morgan fingerprint density at radius 2 is 1.68 bits per heavy atom. The highest BCUT2D eigenvalue weighted by Gasteiger charge is 2.41. The highest BCUT2D eigenvalue weighted by molar-refractivity contribution is 7.92. The molecule has 2 aliphatic heterocycles. The van der Waals surface area contributed by atoms with E-state index in [0.29, 0.717) is 22.7 Å². The van der Waals surface area contributed by atoms with Gasteiger partial charge in [0.15, 0.2) is 11.5 Å². The fraction of sp³-hybridized carbons (Fsp3) is 0.208. The van der Waals surface area contributed by atoms with Gasteiger partial charge in [0.25, 0.3) is 10.0 Å². The molecule has 2 atom stereocenters. The minimum Gasteiger partial charge on any atom is -0.454 e. The van der Waals surface area contributed by atoms with Crippen molar-refractivity contribution >= 4 is 15.7 Å². The third-order valence-electron chi connectivity index (χ3n) is 5.87. The summed E-state index contributed by atoms with van der Waals surface area (Å²) in [6.07, 6.45) is 0. The van der Waals surface area contributed by atoms with Crippen molar-refractivity contribution in [1.82, 2.24) is 0 Å². The summed E-state index contributed by atoms with van der Waals surface area (Å²) in [5, 5.41) is 10.1. The molecule has 0 saturated carbocycles. The van der Waals surface area contributed by atoms with E-state index in [1.165, 1.54) is 4.31 Å². The van der Waals surface area contributed by atoms with Crippen LogP contribution in [0.1, 0.15) is 28.5 Å². The van der Waals surface area contributed by atoms with E-state index in [0.717, 1.165) is 11.1 Å². The topological polar surface area (TPSA) is 79.6 Å². The monoisotopic (exact) mass is 432 g/mol. The van der Waals surface area contributed by atoms with Crippen LogP contribution in [0.3, 0.4) is 0 Å². The van der Waals surface area contributed by atoms with Crippen LogP contribution in [0, 0.1) is 18.3 Å². The largest absolute Gasteiger partial charge is 0.454 e. The van der Waals surface area contributed by atoms with Gasteiger partial charge in [0.2, 0.25) is 6.79 Å². The van der Waals surface area contributed by atoms with Gasteiger partial charge >= 0.3 is 0 Å². The predicted octanol–water partition coefficient (Wildman–Crippen LogP) is 4.32. The van der Waals surface area contributed by atoms with E-state index in [1.54, 1.807) is 36.4 Å². The number of nitriles is 1. The van der Waals surface area contributed by atoms with Gasteiger partial charge in [-0.15, -0.1) is 0 Å². The van der Waals surface area contributed by atoms with Crippen LogP contribution in [-0.4, -0.2) is 21.8 Å². The molecule has 156 valence electrons. The SMILES string of the molecule is Cc1ccc(S(=O)(=O)N2C[C@@H](c3ccccc3)[C@H](C#N)c3cc4c(cc32)OCO4)cc1. The Morgan fingerprint density at radius 3 is 2.35 bits per heavy atom. The minimum atomic E-state index is -3.85. The summed E-state index contributed by atoms with van der Waals surface area (Å²) in [7, 11) is -3.85. The second kappa shape index (κ2) is 7.33. The molecule has 2 heterocycles. The van der Waals surface area contributed by atoms with Crippen molar-refractivity contribution < 1.29 is 17.9 Å². The average Bonchev–Trinajstić information content (AvgIpc) is 3.25. The van der Waals surface area contributed by atoms with Crippen LogP contribution in [0.4, 0.5) is 5.69 Å². The molecule has 0 spiro atoms. The van der Waals surface area contributed by atoms with Gasteiger partial charge in [-0.3, -0.25) is 4.31 Å². The number of rotatable bonds is 3. The first kappa shape index (κ1) is 19.5. The number of hydrogen-bond acceptors (Lipinski definition) is 5. The van der Waals surface area contributed by atoms with Crippen molar-refractivity contribution in [3.8, 4) is 17.6 Å². The lowest BCUT2D eigenvalue weighted by atomic mass is 9.79. The first-order valence-electron chi connectivity index (χ1n) is 9.96. The van der Waals surface area contributed by atoms with Gasteiger partial charge in [-0.1, -0.05) is 48.0 Å². The molecule has 0 N–H and O–H groups in total. The summed E-state index contributed by atoms with van der Waals surface area (Å²) in [5.41, 5.74) is 2.99. The second-order valence-corrected chi connectivity index (χ2v) is 9.60. The number of anilines is 1. The quantitative estimate of drug-likeness (QED) is 0.616. The summed E-state index contributed by atoms with van der Waals surface area (Å²) in [6, 6.07) is 22.2. The van der Waals surface area contributed by atoms with Gasteiger partial charge in [-0.2, -0.15) is 5.26 Å². The molecule has 0 radical (unpaired) electrons. The summed E-state index contributed by atoms with van der Waals surface area (Å²) in [6.45, 7) is 2.14. The van der Waals surface area contributed by atoms with E-state index < -0.39 is 15.9 Å². The first-order valence-corrected chi connectivity index (χ1v) is 11.4. The molecule has 3 aromatic rings. The summed E-state index contributed by atoms with van der Waals surface area (Å²) < 4.78 is 39.8. The number of hydrogen-bond donors (Lipinski definition) is 0. The maximum Gasteiger partial charge on any atom is 0.264 e. The standard InChI is InChI=1S/C24H20N2O4S/c1-16-7-9-18(10-8-16)31(27,28)26-14-21(17-5-3-2-4-6-17)20(13-25)19-11-23-24(12-22(19)26)30-15-29-23/h2-12,20-21H,14-15H2,1H3/t20-,21+/m1/s1. The van der Waals surface area contributed by atoms with E-state index >= 15 is 0 Å². The van der Waals surface area contributed by atoms with Crippen LogP contribution >= 0.6 is 0 Å². The molecule has 5 rings (SSSR count). The van der Waals surface area contributed by atoms with Gasteiger partial charge < -0.3 is 9.47 Å². The van der Waals surface area contributed by atoms with Crippen LogP contribution in [0.15, 0.2) is 71.6 Å². The fourth-order valence-electron chi connectivity index (χ4n) is 4.23. The fourth-order valence-corrected chi connectivity index (χ4v) is 5.74. The van der Waals surface area contributed by atoms with Crippen molar-refractivity contribution in [1.29, 1.82) is 5.26 Å². The molecule has 0 aliphatic carbocycles. The number of nitrogens with zero attached hydrogens (tertiary/aromatic N) is 2. The normalized spacial score (nSPS) is 19.5. The zero-order valence-electron chi connectivity index (χ0n) is 16.9. The van der Waals surface area contributed by atoms with Gasteiger partial charge in [-0.05, 0) is 36.2 Å². The summed E-state index contributed by atoms with van der Waals surface area (Å²) >= 11 is 0. The molecule has 7 heteroatoms. The van der Waals surface area contributed by atoms with E-state index in [2.05, 4.69) is 6.07 Å². The lowest BCUT2D eigenvalue weighted by molar-refractivity contribution is 0.174. The lowest BCUT2D eigenvalue weighted by Crippen LogP contribution is -2.40. The molecule has 0 aromatic heterocycles. The molecule has 0 bridgehead atoms. The molecule has 0 fully saturated rings. The maximum atomic E-state index is 13.7. The number of benzene rings is 3. The van der Waals surface area contributed by atoms with Crippen LogP contribution in [0.5, 0.6) is 11.5 Å². The van der Waals surface area contributed by atoms with E-state index in [4.69, 9.17) is 9.47 Å². The van der Waals surface area contributed by atoms with Gasteiger partial charge in [-0.25, -0.2) is 8.42 Å². The Labute approximate surface area is 181 Å². The molecule has 0 saturated heterocycles. The van der Waals surface area contributed by atoms with E-state index in [1.807, 2.05) is 37.3 Å². The average molecular weight is 433 g/mol. The molecule has 2 aliphatic rings. The molecule has 3 aromatic carbocycles. The van der Waals surface area contributed by atoms with E-state index in [9.17, 15) is 13.7 Å². The lowest BCUT2D eigenvalue weighted by Gasteiger charge is -2.38. The second-order valence-electron chi connectivity index (χ2n) is 7.74. The van der Waals surface area contributed by atoms with Gasteiger partial charge in [0.1, 0.15) is 0 Å². The van der Waals surface area contributed by atoms with E-state index in [-0.39, 0.29) is 24.2 Å².